The van der Waals surface area contributed by atoms with Crippen molar-refractivity contribution in [2.45, 2.75) is 20.4 Å². The van der Waals surface area contributed by atoms with Gasteiger partial charge >= 0.3 is 0 Å². The predicted octanol–water partition coefficient (Wildman–Crippen LogP) is 3.43. The van der Waals surface area contributed by atoms with Gasteiger partial charge in [-0.2, -0.15) is 5.10 Å². The minimum atomic E-state index is 0.0168. The van der Waals surface area contributed by atoms with Crippen LogP contribution in [0, 0.1) is 13.8 Å². The van der Waals surface area contributed by atoms with Crippen molar-refractivity contribution >= 4 is 28.2 Å². The van der Waals surface area contributed by atoms with E-state index in [1.807, 2.05) is 43.3 Å². The molecule has 7 nitrogen and oxygen atoms in total. The molecule has 0 fully saturated rings. The normalized spacial score (nSPS) is 11.1. The number of hydrogen-bond acceptors (Lipinski definition) is 6. The average molecular weight is 374 g/mol. The van der Waals surface area contributed by atoms with Crippen LogP contribution < -0.4 is 11.1 Å². The van der Waals surface area contributed by atoms with Crippen molar-refractivity contribution < 1.29 is 5.11 Å². The van der Waals surface area contributed by atoms with Crippen LogP contribution in [0.2, 0.25) is 0 Å². The Hall–Kier alpha value is -3.45. The first-order valence-corrected chi connectivity index (χ1v) is 9.10. The molecular weight excluding hydrogens is 352 g/mol. The summed E-state index contributed by atoms with van der Waals surface area (Å²) in [6, 6.07) is 14.0. The van der Waals surface area contributed by atoms with Gasteiger partial charge < -0.3 is 16.2 Å². The maximum Gasteiger partial charge on any atom is 0.133 e. The van der Waals surface area contributed by atoms with Crippen LogP contribution in [0.25, 0.3) is 22.0 Å². The molecule has 4 N–H and O–H groups in total. The number of aromatic nitrogens is 4. The van der Waals surface area contributed by atoms with Gasteiger partial charge in [0.15, 0.2) is 0 Å². The van der Waals surface area contributed by atoms with Gasteiger partial charge in [0.2, 0.25) is 0 Å². The Labute approximate surface area is 162 Å². The molecule has 0 aliphatic heterocycles. The van der Waals surface area contributed by atoms with Crippen molar-refractivity contribution in [3.05, 3.63) is 59.9 Å². The second-order valence-corrected chi connectivity index (χ2v) is 6.74. The van der Waals surface area contributed by atoms with Crippen molar-refractivity contribution in [1.29, 1.82) is 0 Å². The molecule has 0 aliphatic rings. The van der Waals surface area contributed by atoms with Gasteiger partial charge in [-0.25, -0.2) is 14.6 Å². The number of benzene rings is 1. The predicted molar refractivity (Wildman–Crippen MR) is 111 cm³/mol. The van der Waals surface area contributed by atoms with E-state index >= 15 is 0 Å². The highest BCUT2D eigenvalue weighted by Gasteiger charge is 2.11. The van der Waals surface area contributed by atoms with Crippen molar-refractivity contribution in [3.8, 4) is 11.3 Å². The maximum absolute atomic E-state index is 9.23. The Morgan fingerprint density at radius 3 is 2.75 bits per heavy atom. The van der Waals surface area contributed by atoms with Crippen LogP contribution in [0.1, 0.15) is 11.3 Å². The highest BCUT2D eigenvalue weighted by Crippen LogP contribution is 2.29. The highest BCUT2D eigenvalue weighted by molar-refractivity contribution is 5.94. The molecule has 0 atom stereocenters. The first-order valence-electron chi connectivity index (χ1n) is 9.10. The Morgan fingerprint density at radius 2 is 1.96 bits per heavy atom. The van der Waals surface area contributed by atoms with E-state index in [0.717, 1.165) is 39.1 Å². The van der Waals surface area contributed by atoms with Crippen LogP contribution in [0.15, 0.2) is 48.7 Å². The summed E-state index contributed by atoms with van der Waals surface area (Å²) in [6.07, 6.45) is 1.72. The lowest BCUT2D eigenvalue weighted by molar-refractivity contribution is 0.270. The molecule has 0 bridgehead atoms. The number of nitrogens with two attached hydrogens (primary N) is 1. The maximum atomic E-state index is 9.23. The summed E-state index contributed by atoms with van der Waals surface area (Å²) in [5, 5.41) is 18.6. The number of nitrogen functional groups attached to an aromatic ring is 1. The van der Waals surface area contributed by atoms with E-state index in [-0.39, 0.29) is 6.61 Å². The number of fused-ring (bicyclic) bond motifs is 1. The first kappa shape index (κ1) is 17.9. The molecule has 0 spiro atoms. The topological polar surface area (TPSA) is 102 Å². The third-order valence-electron chi connectivity index (χ3n) is 4.64. The van der Waals surface area contributed by atoms with E-state index in [1.54, 1.807) is 10.9 Å². The number of aliphatic hydroxyl groups excluding tert-OH is 1. The molecular formula is C21H22N6O. The largest absolute Gasteiger partial charge is 0.394 e. The van der Waals surface area contributed by atoms with E-state index in [1.165, 1.54) is 0 Å². The summed E-state index contributed by atoms with van der Waals surface area (Å²) in [5.41, 5.74) is 10.1. The zero-order valence-corrected chi connectivity index (χ0v) is 15.8. The first-order chi connectivity index (χ1) is 13.5. The Balaban J connectivity index is 1.75. The number of pyridine rings is 2. The third kappa shape index (κ3) is 3.39. The lowest BCUT2D eigenvalue weighted by atomic mass is 10.0. The fourth-order valence-corrected chi connectivity index (χ4v) is 3.28. The standard InChI is InChI=1S/C21H22N6O/c1-13-5-3-4-6-16(13)18-10-15-11-19(23-12-17(15)21(22)24-18)25-20-9-14(2)26-27(20)7-8-28/h3-6,9-12,28H,7-8H2,1-2H3,(H2,22,24)(H,23,25). The monoisotopic (exact) mass is 374 g/mol. The number of rotatable bonds is 5. The van der Waals surface area contributed by atoms with Crippen LogP contribution >= 0.6 is 0 Å². The van der Waals surface area contributed by atoms with Crippen molar-refractivity contribution in [2.75, 3.05) is 17.7 Å². The second kappa shape index (κ2) is 7.28. The smallest absolute Gasteiger partial charge is 0.133 e. The summed E-state index contributed by atoms with van der Waals surface area (Å²) in [7, 11) is 0. The van der Waals surface area contributed by atoms with E-state index in [4.69, 9.17) is 5.73 Å². The molecule has 0 amide bonds. The summed E-state index contributed by atoms with van der Waals surface area (Å²) < 4.78 is 1.72. The molecule has 0 radical (unpaired) electrons. The quantitative estimate of drug-likeness (QED) is 0.495. The fourth-order valence-electron chi connectivity index (χ4n) is 3.28. The number of aryl methyl sites for hydroxylation is 2. The lowest BCUT2D eigenvalue weighted by Gasteiger charge is -2.11. The van der Waals surface area contributed by atoms with Crippen molar-refractivity contribution in [1.82, 2.24) is 19.7 Å². The van der Waals surface area contributed by atoms with Crippen LogP contribution in [-0.4, -0.2) is 31.5 Å². The van der Waals surface area contributed by atoms with Gasteiger partial charge in [0.1, 0.15) is 17.5 Å². The Morgan fingerprint density at radius 1 is 1.14 bits per heavy atom. The van der Waals surface area contributed by atoms with Crippen LogP contribution in [-0.2, 0) is 6.54 Å². The van der Waals surface area contributed by atoms with E-state index < -0.39 is 0 Å². The van der Waals surface area contributed by atoms with Crippen molar-refractivity contribution in [3.63, 3.8) is 0 Å². The van der Waals surface area contributed by atoms with Gasteiger partial charge in [-0.3, -0.25) is 0 Å². The Bertz CT molecular complexity index is 1150. The van der Waals surface area contributed by atoms with Crippen molar-refractivity contribution in [2.24, 2.45) is 0 Å². The molecule has 4 aromatic rings. The number of nitrogens with zero attached hydrogens (tertiary/aromatic N) is 4. The van der Waals surface area contributed by atoms with Crippen LogP contribution in [0.4, 0.5) is 17.5 Å². The zero-order valence-electron chi connectivity index (χ0n) is 15.8. The molecule has 7 heteroatoms. The van der Waals surface area contributed by atoms with Crippen LogP contribution in [0.5, 0.6) is 0 Å². The minimum Gasteiger partial charge on any atom is -0.394 e. The summed E-state index contributed by atoms with van der Waals surface area (Å²) in [6.45, 7) is 4.40. The molecule has 0 unspecified atom stereocenters. The molecule has 1 aromatic carbocycles. The fraction of sp³-hybridized carbons (Fsp3) is 0.190. The van der Waals surface area contributed by atoms with Gasteiger partial charge in [-0.15, -0.1) is 0 Å². The summed E-state index contributed by atoms with van der Waals surface area (Å²) in [5.74, 6) is 1.91. The lowest BCUT2D eigenvalue weighted by Crippen LogP contribution is -2.08. The number of hydrogen-bond donors (Lipinski definition) is 3. The SMILES string of the molecule is Cc1cc(Nc2cc3cc(-c4ccccc4C)nc(N)c3cn2)n(CCO)n1. The summed E-state index contributed by atoms with van der Waals surface area (Å²) in [4.78, 5) is 9.02. The number of nitrogens with one attached hydrogen (secondary N) is 1. The second-order valence-electron chi connectivity index (χ2n) is 6.74. The molecule has 28 heavy (non-hydrogen) atoms. The van der Waals surface area contributed by atoms with E-state index in [0.29, 0.717) is 18.2 Å². The average Bonchev–Trinajstić information content (AvgIpc) is 3.01. The molecule has 0 saturated heterocycles. The zero-order chi connectivity index (χ0) is 19.7. The third-order valence-corrected chi connectivity index (χ3v) is 4.64. The van der Waals surface area contributed by atoms with Gasteiger partial charge in [-0.1, -0.05) is 24.3 Å². The Kier molecular flexibility index (Phi) is 4.67. The molecule has 4 rings (SSSR count). The van der Waals surface area contributed by atoms with Gasteiger partial charge in [0.05, 0.1) is 24.5 Å². The van der Waals surface area contributed by atoms with E-state index in [9.17, 15) is 5.11 Å². The molecule has 142 valence electrons. The van der Waals surface area contributed by atoms with E-state index in [2.05, 4.69) is 33.4 Å². The molecule has 3 aromatic heterocycles. The molecule has 0 aliphatic carbocycles. The van der Waals surface area contributed by atoms with Gasteiger partial charge in [0.25, 0.3) is 0 Å². The number of anilines is 3. The molecule has 0 saturated carbocycles. The van der Waals surface area contributed by atoms with Gasteiger partial charge in [-0.05, 0) is 36.9 Å². The number of aliphatic hydroxyl groups is 1. The van der Waals surface area contributed by atoms with Gasteiger partial charge in [0, 0.05) is 23.2 Å². The minimum absolute atomic E-state index is 0.0168. The highest BCUT2D eigenvalue weighted by atomic mass is 16.3. The molecule has 3 heterocycles. The van der Waals surface area contributed by atoms with Crippen LogP contribution in [0.3, 0.4) is 0 Å². The summed E-state index contributed by atoms with van der Waals surface area (Å²) >= 11 is 0.